The van der Waals surface area contributed by atoms with Crippen molar-refractivity contribution in [2.45, 2.75) is 42.7 Å². The van der Waals surface area contributed by atoms with Gasteiger partial charge in [-0.2, -0.15) is 5.26 Å². The number of thioether (sulfide) groups is 1. The van der Waals surface area contributed by atoms with Crippen molar-refractivity contribution < 1.29 is 0 Å². The molecule has 0 bridgehead atoms. The second-order valence-electron chi connectivity index (χ2n) is 5.69. The number of nitrogens with one attached hydrogen (secondary N) is 1. The highest BCUT2D eigenvalue weighted by Gasteiger charge is 2.31. The lowest BCUT2D eigenvalue weighted by molar-refractivity contribution is 0.188. The number of hydrogen-bond donors (Lipinski definition) is 1. The van der Waals surface area contributed by atoms with Crippen LogP contribution < -0.4 is 5.32 Å². The van der Waals surface area contributed by atoms with Crippen molar-refractivity contribution in [3.05, 3.63) is 23.8 Å². The second kappa shape index (κ2) is 6.07. The van der Waals surface area contributed by atoms with E-state index >= 15 is 0 Å². The standard InChI is InChI=1S/C16H21N3S/c1-20-16-6-2-5-15(14(16)11-17)18-12-7-9-19-8-3-4-13(19)10-12/h2,5-6,12-13,18H,3-4,7-10H2,1H3. The van der Waals surface area contributed by atoms with Crippen LogP contribution in [0.15, 0.2) is 23.1 Å². The minimum atomic E-state index is 0.513. The Labute approximate surface area is 125 Å². The van der Waals surface area contributed by atoms with E-state index in [4.69, 9.17) is 0 Å². The van der Waals surface area contributed by atoms with E-state index in [1.165, 1.54) is 38.8 Å². The first-order valence-corrected chi connectivity index (χ1v) is 8.62. The van der Waals surface area contributed by atoms with Gasteiger partial charge < -0.3 is 10.2 Å². The molecule has 0 aromatic heterocycles. The van der Waals surface area contributed by atoms with Gasteiger partial charge in [0, 0.05) is 23.5 Å². The number of benzene rings is 1. The molecule has 0 radical (unpaired) electrons. The summed E-state index contributed by atoms with van der Waals surface area (Å²) in [7, 11) is 0. The van der Waals surface area contributed by atoms with Crippen LogP contribution in [0.3, 0.4) is 0 Å². The van der Waals surface area contributed by atoms with Gasteiger partial charge in [0.05, 0.1) is 11.3 Å². The number of fused-ring (bicyclic) bond motifs is 1. The fraction of sp³-hybridized carbons (Fsp3) is 0.562. The zero-order valence-corrected chi connectivity index (χ0v) is 12.7. The topological polar surface area (TPSA) is 39.1 Å². The molecule has 2 fully saturated rings. The Morgan fingerprint density at radius 1 is 1.35 bits per heavy atom. The van der Waals surface area contributed by atoms with Crippen LogP contribution >= 0.6 is 11.8 Å². The van der Waals surface area contributed by atoms with Crippen LogP contribution in [0.2, 0.25) is 0 Å². The third-order valence-corrected chi connectivity index (χ3v) is 5.32. The fourth-order valence-corrected chi connectivity index (χ4v) is 4.09. The molecule has 20 heavy (non-hydrogen) atoms. The number of piperidine rings is 1. The molecule has 0 amide bonds. The molecule has 0 saturated carbocycles. The molecule has 2 heterocycles. The predicted molar refractivity (Wildman–Crippen MR) is 84.2 cm³/mol. The molecule has 2 aliphatic rings. The van der Waals surface area contributed by atoms with Crippen molar-refractivity contribution >= 4 is 17.4 Å². The number of nitrogens with zero attached hydrogens (tertiary/aromatic N) is 2. The maximum atomic E-state index is 9.40. The van der Waals surface area contributed by atoms with Crippen LogP contribution in [-0.4, -0.2) is 36.3 Å². The lowest BCUT2D eigenvalue weighted by atomic mass is 9.97. The average molecular weight is 287 g/mol. The summed E-state index contributed by atoms with van der Waals surface area (Å²) in [5, 5.41) is 13.0. The summed E-state index contributed by atoms with van der Waals surface area (Å²) in [5.74, 6) is 0. The van der Waals surface area contributed by atoms with Crippen molar-refractivity contribution in [3.63, 3.8) is 0 Å². The van der Waals surface area contributed by atoms with E-state index in [1.54, 1.807) is 11.8 Å². The van der Waals surface area contributed by atoms with Gasteiger partial charge in [-0.1, -0.05) is 6.07 Å². The van der Waals surface area contributed by atoms with Gasteiger partial charge in [0.1, 0.15) is 6.07 Å². The van der Waals surface area contributed by atoms with Gasteiger partial charge in [-0.05, 0) is 50.6 Å². The van der Waals surface area contributed by atoms with Gasteiger partial charge in [-0.15, -0.1) is 11.8 Å². The van der Waals surface area contributed by atoms with E-state index in [2.05, 4.69) is 16.3 Å². The summed E-state index contributed by atoms with van der Waals surface area (Å²) >= 11 is 1.64. The summed E-state index contributed by atoms with van der Waals surface area (Å²) in [6, 6.07) is 9.73. The Morgan fingerprint density at radius 2 is 2.25 bits per heavy atom. The van der Waals surface area contributed by atoms with Crippen molar-refractivity contribution in [1.29, 1.82) is 5.26 Å². The van der Waals surface area contributed by atoms with Crippen LogP contribution in [0.5, 0.6) is 0 Å². The number of rotatable bonds is 3. The molecule has 2 atom stereocenters. The Kier molecular flexibility index (Phi) is 4.18. The molecule has 106 valence electrons. The molecular weight excluding hydrogens is 266 g/mol. The number of hydrogen-bond acceptors (Lipinski definition) is 4. The second-order valence-corrected chi connectivity index (χ2v) is 6.54. The SMILES string of the molecule is CSc1cccc(NC2CCN3CCCC3C2)c1C#N. The monoisotopic (exact) mass is 287 g/mol. The predicted octanol–water partition coefficient (Wildman–Crippen LogP) is 3.32. The Morgan fingerprint density at radius 3 is 3.05 bits per heavy atom. The lowest BCUT2D eigenvalue weighted by Gasteiger charge is -2.35. The molecule has 2 saturated heterocycles. The van der Waals surface area contributed by atoms with Gasteiger partial charge in [0.15, 0.2) is 0 Å². The average Bonchev–Trinajstić information content (AvgIpc) is 2.94. The van der Waals surface area contributed by atoms with E-state index in [0.29, 0.717) is 6.04 Å². The molecule has 1 aromatic rings. The largest absolute Gasteiger partial charge is 0.381 e. The van der Waals surface area contributed by atoms with E-state index in [0.717, 1.165) is 22.2 Å². The van der Waals surface area contributed by atoms with Crippen molar-refractivity contribution in [1.82, 2.24) is 4.90 Å². The molecule has 3 rings (SSSR count). The summed E-state index contributed by atoms with van der Waals surface area (Å²) in [4.78, 5) is 3.69. The highest BCUT2D eigenvalue weighted by atomic mass is 32.2. The summed E-state index contributed by atoms with van der Waals surface area (Å²) in [5.41, 5.74) is 1.81. The summed E-state index contributed by atoms with van der Waals surface area (Å²) in [6.07, 6.45) is 7.12. The van der Waals surface area contributed by atoms with E-state index in [-0.39, 0.29) is 0 Å². The minimum absolute atomic E-state index is 0.513. The van der Waals surface area contributed by atoms with Gasteiger partial charge >= 0.3 is 0 Å². The van der Waals surface area contributed by atoms with Crippen LogP contribution in [0.25, 0.3) is 0 Å². The van der Waals surface area contributed by atoms with E-state index in [1.807, 2.05) is 24.5 Å². The Hall–Kier alpha value is -1.18. The van der Waals surface area contributed by atoms with Crippen LogP contribution in [-0.2, 0) is 0 Å². The van der Waals surface area contributed by atoms with Gasteiger partial charge in [0.2, 0.25) is 0 Å². The van der Waals surface area contributed by atoms with Gasteiger partial charge in [-0.3, -0.25) is 0 Å². The highest BCUT2D eigenvalue weighted by molar-refractivity contribution is 7.98. The van der Waals surface area contributed by atoms with Crippen LogP contribution in [0.4, 0.5) is 5.69 Å². The van der Waals surface area contributed by atoms with Crippen LogP contribution in [0, 0.1) is 11.3 Å². The Balaban J connectivity index is 1.73. The third-order valence-electron chi connectivity index (χ3n) is 4.54. The molecular formula is C16H21N3S. The van der Waals surface area contributed by atoms with E-state index in [9.17, 15) is 5.26 Å². The van der Waals surface area contributed by atoms with Crippen molar-refractivity contribution in [2.24, 2.45) is 0 Å². The fourth-order valence-electron chi connectivity index (χ4n) is 3.51. The maximum Gasteiger partial charge on any atom is 0.102 e. The molecule has 1 aromatic carbocycles. The highest BCUT2D eigenvalue weighted by Crippen LogP contribution is 2.31. The minimum Gasteiger partial charge on any atom is -0.381 e. The zero-order chi connectivity index (χ0) is 13.9. The summed E-state index contributed by atoms with van der Waals surface area (Å²) in [6.45, 7) is 2.48. The first-order chi connectivity index (χ1) is 9.81. The molecule has 0 spiro atoms. The molecule has 4 heteroatoms. The molecule has 1 N–H and O–H groups in total. The first kappa shape index (κ1) is 13.8. The maximum absolute atomic E-state index is 9.40. The van der Waals surface area contributed by atoms with E-state index < -0.39 is 0 Å². The molecule has 2 unspecified atom stereocenters. The lowest BCUT2D eigenvalue weighted by Crippen LogP contribution is -2.42. The number of nitriles is 1. The van der Waals surface area contributed by atoms with Crippen molar-refractivity contribution in [2.75, 3.05) is 24.7 Å². The third kappa shape index (κ3) is 2.65. The quantitative estimate of drug-likeness (QED) is 0.866. The molecule has 3 nitrogen and oxygen atoms in total. The summed E-state index contributed by atoms with van der Waals surface area (Å²) < 4.78 is 0. The first-order valence-electron chi connectivity index (χ1n) is 7.39. The molecule has 0 aliphatic carbocycles. The molecule has 2 aliphatic heterocycles. The van der Waals surface area contributed by atoms with Gasteiger partial charge in [-0.25, -0.2) is 0 Å². The Bertz CT molecular complexity index is 523. The normalized spacial score (nSPS) is 26.0. The number of anilines is 1. The van der Waals surface area contributed by atoms with Gasteiger partial charge in [0.25, 0.3) is 0 Å². The smallest absolute Gasteiger partial charge is 0.102 e. The zero-order valence-electron chi connectivity index (χ0n) is 11.9. The van der Waals surface area contributed by atoms with Crippen molar-refractivity contribution in [3.8, 4) is 6.07 Å². The van der Waals surface area contributed by atoms with Crippen LogP contribution in [0.1, 0.15) is 31.2 Å².